The summed E-state index contributed by atoms with van der Waals surface area (Å²) in [4.78, 5) is 11.6. The lowest BCUT2D eigenvalue weighted by molar-refractivity contribution is 0.632. The van der Waals surface area contributed by atoms with E-state index in [1.807, 2.05) is 32.0 Å². The smallest absolute Gasteiger partial charge is 0.248 e. The van der Waals surface area contributed by atoms with Gasteiger partial charge >= 0.3 is 5.69 Å². The molecule has 0 saturated carbocycles. The molecule has 2 heterocycles. The van der Waals surface area contributed by atoms with Crippen molar-refractivity contribution in [1.29, 1.82) is 0 Å². The minimum atomic E-state index is -0.0596. The average molecular weight is 177 g/mol. The Kier molecular flexibility index (Phi) is 1.69. The first-order chi connectivity index (χ1) is 6.24. The zero-order chi connectivity index (χ0) is 9.42. The van der Waals surface area contributed by atoms with E-state index in [0.717, 1.165) is 5.69 Å². The van der Waals surface area contributed by atoms with Crippen LogP contribution in [0, 0.1) is 6.92 Å². The Balaban J connectivity index is 2.93. The number of pyridine rings is 1. The van der Waals surface area contributed by atoms with Gasteiger partial charge in [-0.15, -0.1) is 5.10 Å². The molecule has 0 saturated heterocycles. The Bertz CT molecular complexity index is 495. The molecule has 2 aromatic heterocycles. The zero-order valence-electron chi connectivity index (χ0n) is 7.69. The van der Waals surface area contributed by atoms with E-state index in [1.165, 1.54) is 4.68 Å². The van der Waals surface area contributed by atoms with Crippen molar-refractivity contribution >= 4 is 5.65 Å². The van der Waals surface area contributed by atoms with Gasteiger partial charge in [-0.2, -0.15) is 0 Å². The summed E-state index contributed by atoms with van der Waals surface area (Å²) >= 11 is 0. The molecule has 0 fully saturated rings. The van der Waals surface area contributed by atoms with Crippen LogP contribution in [0.25, 0.3) is 5.65 Å². The standard InChI is InChI=1S/C9H11N3O/c1-3-11-9(13)12-7(2)5-4-6-8(12)10-11/h4-6H,3H2,1-2H3. The molecule has 0 aromatic carbocycles. The molecule has 2 aromatic rings. The van der Waals surface area contributed by atoms with Gasteiger partial charge in [-0.1, -0.05) is 6.07 Å². The molecular formula is C9H11N3O. The van der Waals surface area contributed by atoms with Crippen LogP contribution in [0.5, 0.6) is 0 Å². The molecular weight excluding hydrogens is 166 g/mol. The van der Waals surface area contributed by atoms with Gasteiger partial charge in [0.1, 0.15) is 0 Å². The molecule has 0 atom stereocenters. The van der Waals surface area contributed by atoms with E-state index in [2.05, 4.69) is 5.10 Å². The van der Waals surface area contributed by atoms with E-state index in [4.69, 9.17) is 0 Å². The van der Waals surface area contributed by atoms with E-state index in [9.17, 15) is 4.79 Å². The van der Waals surface area contributed by atoms with E-state index < -0.39 is 0 Å². The number of hydrogen-bond donors (Lipinski definition) is 0. The maximum absolute atomic E-state index is 11.6. The molecule has 0 unspecified atom stereocenters. The Morgan fingerprint density at radius 1 is 1.46 bits per heavy atom. The van der Waals surface area contributed by atoms with Crippen LogP contribution in [0.3, 0.4) is 0 Å². The van der Waals surface area contributed by atoms with Gasteiger partial charge < -0.3 is 0 Å². The summed E-state index contributed by atoms with van der Waals surface area (Å²) in [6.45, 7) is 4.42. The predicted octanol–water partition coefficient (Wildman–Crippen LogP) is 0.824. The van der Waals surface area contributed by atoms with Crippen molar-refractivity contribution in [3.05, 3.63) is 34.4 Å². The summed E-state index contributed by atoms with van der Waals surface area (Å²) in [5.41, 5.74) is 1.57. The van der Waals surface area contributed by atoms with Gasteiger partial charge in [0, 0.05) is 12.2 Å². The van der Waals surface area contributed by atoms with Crippen LogP contribution in [0.4, 0.5) is 0 Å². The van der Waals surface area contributed by atoms with Gasteiger partial charge in [0.2, 0.25) is 0 Å². The van der Waals surface area contributed by atoms with Crippen molar-refractivity contribution in [3.63, 3.8) is 0 Å². The predicted molar refractivity (Wildman–Crippen MR) is 49.9 cm³/mol. The molecule has 68 valence electrons. The molecule has 4 heteroatoms. The number of nitrogens with zero attached hydrogens (tertiary/aromatic N) is 3. The van der Waals surface area contributed by atoms with Crippen molar-refractivity contribution < 1.29 is 0 Å². The van der Waals surface area contributed by atoms with E-state index in [1.54, 1.807) is 4.40 Å². The molecule has 2 rings (SSSR count). The maximum atomic E-state index is 11.6. The first-order valence-electron chi connectivity index (χ1n) is 4.29. The molecule has 4 nitrogen and oxygen atoms in total. The second kappa shape index (κ2) is 2.73. The second-order valence-electron chi connectivity index (χ2n) is 2.96. The highest BCUT2D eigenvalue weighted by Crippen LogP contribution is 2.00. The van der Waals surface area contributed by atoms with E-state index in [-0.39, 0.29) is 5.69 Å². The Labute approximate surface area is 75.4 Å². The first kappa shape index (κ1) is 8.04. The summed E-state index contributed by atoms with van der Waals surface area (Å²) in [6.07, 6.45) is 0. The van der Waals surface area contributed by atoms with Crippen LogP contribution in [-0.4, -0.2) is 14.2 Å². The van der Waals surface area contributed by atoms with Gasteiger partial charge in [0.05, 0.1) is 0 Å². The highest BCUT2D eigenvalue weighted by molar-refractivity contribution is 5.37. The molecule has 0 aliphatic rings. The van der Waals surface area contributed by atoms with Crippen LogP contribution in [0.2, 0.25) is 0 Å². The van der Waals surface area contributed by atoms with Crippen molar-refractivity contribution in [2.24, 2.45) is 0 Å². The van der Waals surface area contributed by atoms with Crippen molar-refractivity contribution in [1.82, 2.24) is 14.2 Å². The summed E-state index contributed by atoms with van der Waals surface area (Å²) < 4.78 is 3.08. The van der Waals surface area contributed by atoms with Gasteiger partial charge in [-0.05, 0) is 26.0 Å². The van der Waals surface area contributed by atoms with Crippen LogP contribution in [0.15, 0.2) is 23.0 Å². The Morgan fingerprint density at radius 3 is 2.85 bits per heavy atom. The maximum Gasteiger partial charge on any atom is 0.350 e. The second-order valence-corrected chi connectivity index (χ2v) is 2.96. The van der Waals surface area contributed by atoms with E-state index >= 15 is 0 Å². The molecule has 0 amide bonds. The highest BCUT2D eigenvalue weighted by atomic mass is 16.2. The minimum absolute atomic E-state index is 0.0596. The normalized spacial score (nSPS) is 10.9. The lowest BCUT2D eigenvalue weighted by Crippen LogP contribution is -2.21. The van der Waals surface area contributed by atoms with Crippen LogP contribution in [-0.2, 0) is 6.54 Å². The summed E-state index contributed by atoms with van der Waals surface area (Å²) in [7, 11) is 0. The van der Waals surface area contributed by atoms with E-state index in [0.29, 0.717) is 12.2 Å². The third-order valence-electron chi connectivity index (χ3n) is 2.10. The fraction of sp³-hybridized carbons (Fsp3) is 0.333. The molecule has 0 aliphatic carbocycles. The quantitative estimate of drug-likeness (QED) is 0.647. The number of fused-ring (bicyclic) bond motifs is 1. The van der Waals surface area contributed by atoms with Crippen LogP contribution < -0.4 is 5.69 Å². The summed E-state index contributed by atoms with van der Waals surface area (Å²) in [5, 5.41) is 4.16. The Morgan fingerprint density at radius 2 is 2.23 bits per heavy atom. The van der Waals surface area contributed by atoms with Crippen LogP contribution >= 0.6 is 0 Å². The third-order valence-corrected chi connectivity index (χ3v) is 2.10. The average Bonchev–Trinajstić information content (AvgIpc) is 2.44. The monoisotopic (exact) mass is 177 g/mol. The number of hydrogen-bond acceptors (Lipinski definition) is 2. The number of rotatable bonds is 1. The lowest BCUT2D eigenvalue weighted by atomic mass is 10.4. The van der Waals surface area contributed by atoms with Crippen molar-refractivity contribution in [2.45, 2.75) is 20.4 Å². The van der Waals surface area contributed by atoms with Gasteiger partial charge in [0.15, 0.2) is 5.65 Å². The molecule has 0 spiro atoms. The van der Waals surface area contributed by atoms with Crippen molar-refractivity contribution in [3.8, 4) is 0 Å². The van der Waals surface area contributed by atoms with Gasteiger partial charge in [-0.25, -0.2) is 13.9 Å². The van der Waals surface area contributed by atoms with Crippen molar-refractivity contribution in [2.75, 3.05) is 0 Å². The van der Waals surface area contributed by atoms with Gasteiger partial charge in [-0.3, -0.25) is 0 Å². The highest BCUT2D eigenvalue weighted by Gasteiger charge is 2.05. The lowest BCUT2D eigenvalue weighted by Gasteiger charge is -1.93. The third kappa shape index (κ3) is 1.06. The fourth-order valence-electron chi connectivity index (χ4n) is 1.42. The Hall–Kier alpha value is -1.58. The topological polar surface area (TPSA) is 39.3 Å². The molecule has 0 aliphatic heterocycles. The number of aryl methyl sites for hydroxylation is 2. The summed E-state index contributed by atoms with van der Waals surface area (Å²) in [6, 6.07) is 5.63. The molecule has 0 bridgehead atoms. The number of aromatic nitrogens is 3. The minimum Gasteiger partial charge on any atom is -0.248 e. The first-order valence-corrected chi connectivity index (χ1v) is 4.29. The summed E-state index contributed by atoms with van der Waals surface area (Å²) in [5.74, 6) is 0. The van der Waals surface area contributed by atoms with Crippen LogP contribution in [0.1, 0.15) is 12.6 Å². The molecule has 13 heavy (non-hydrogen) atoms. The molecule has 0 radical (unpaired) electrons. The van der Waals surface area contributed by atoms with Gasteiger partial charge in [0.25, 0.3) is 0 Å². The zero-order valence-corrected chi connectivity index (χ0v) is 7.69. The largest absolute Gasteiger partial charge is 0.350 e. The SMILES string of the molecule is CCn1nc2cccc(C)n2c1=O. The fourth-order valence-corrected chi connectivity index (χ4v) is 1.42. The molecule has 0 N–H and O–H groups in total.